The van der Waals surface area contributed by atoms with Gasteiger partial charge in [-0.3, -0.25) is 19.2 Å². The zero-order valence-electron chi connectivity index (χ0n) is 55.0. The first-order valence-corrected chi connectivity index (χ1v) is 32.4. The zero-order chi connectivity index (χ0) is 68.9. The van der Waals surface area contributed by atoms with Crippen LogP contribution in [0.5, 0.6) is 0 Å². The van der Waals surface area contributed by atoms with Gasteiger partial charge in [-0.1, -0.05) is 19.1 Å². The number of carbonyl (C=O) groups is 4. The van der Waals surface area contributed by atoms with E-state index < -0.39 is 17.9 Å². The summed E-state index contributed by atoms with van der Waals surface area (Å²) >= 11 is 2.37. The Morgan fingerprint density at radius 3 is 1.50 bits per heavy atom. The van der Waals surface area contributed by atoms with Crippen molar-refractivity contribution in [1.29, 1.82) is 5.26 Å². The molecular formula is C67H88N10O15S2. The third kappa shape index (κ3) is 30.0. The van der Waals surface area contributed by atoms with Gasteiger partial charge < -0.3 is 62.3 Å². The van der Waals surface area contributed by atoms with Crippen molar-refractivity contribution in [2.45, 2.75) is 74.1 Å². The average molecular weight is 1340 g/mol. The number of Topliss-reactive ketones (excluding diaryl/α,β-unsaturated/α-hetero) is 1. The Morgan fingerprint density at radius 2 is 1.12 bits per heavy atom. The number of aliphatic hydroxyl groups is 1. The van der Waals surface area contributed by atoms with Gasteiger partial charge in [0.2, 0.25) is 16.4 Å². The first-order chi connectivity index (χ1) is 45.5. The molecule has 94 heavy (non-hydrogen) atoms. The molecule has 27 heteroatoms. The largest absolute Gasteiger partial charge is 0.463 e. The smallest absolute Gasteiger partial charge is 0.317 e. The number of likely N-dealkylation sites (N-methyl/N-ethyl adjacent to an activating group) is 2. The number of hydrogen-bond donors (Lipinski definition) is 1. The molecule has 0 saturated carbocycles. The maximum Gasteiger partial charge on any atom is 0.317 e. The molecule has 2 unspecified atom stereocenters. The highest BCUT2D eigenvalue weighted by atomic mass is 32.1. The normalized spacial score (nSPS) is 12.8. The molecule has 1 aliphatic heterocycles. The molecule has 2 aromatic carbocycles. The molecule has 508 valence electrons. The van der Waals surface area contributed by atoms with Crippen LogP contribution in [0.2, 0.25) is 0 Å². The maximum absolute atomic E-state index is 11.8. The van der Waals surface area contributed by atoms with Gasteiger partial charge in [-0.25, -0.2) is 14.5 Å². The van der Waals surface area contributed by atoms with E-state index in [1.165, 1.54) is 29.6 Å². The molecule has 3 heterocycles. The lowest BCUT2D eigenvalue weighted by Gasteiger charge is -2.23. The number of carbonyl (C=O) groups excluding carboxylic acids is 4. The van der Waals surface area contributed by atoms with Gasteiger partial charge in [-0.05, 0) is 113 Å². The van der Waals surface area contributed by atoms with Crippen LogP contribution in [0.15, 0.2) is 82.2 Å². The van der Waals surface area contributed by atoms with Gasteiger partial charge in [0.1, 0.15) is 28.5 Å². The van der Waals surface area contributed by atoms with Crippen LogP contribution in [-0.2, 0) is 66.5 Å². The first-order valence-electron chi connectivity index (χ1n) is 30.7. The second-order valence-corrected chi connectivity index (χ2v) is 22.4. The number of anilines is 2. The van der Waals surface area contributed by atoms with Gasteiger partial charge in [0.25, 0.3) is 0 Å². The Labute approximate surface area is 560 Å². The summed E-state index contributed by atoms with van der Waals surface area (Å²) < 4.78 is 53.3. The molecule has 25 nitrogen and oxygen atoms in total. The molecule has 1 N–H and O–H groups in total. The number of ether oxygens (including phenoxy) is 10. The average Bonchev–Trinajstić information content (AvgIpc) is 1.72. The number of thiophene rings is 2. The number of hydrogen-bond acceptors (Lipinski definition) is 24. The highest BCUT2D eigenvalue weighted by Gasteiger charge is 2.32. The van der Waals surface area contributed by atoms with Crippen LogP contribution in [0.4, 0.5) is 49.1 Å². The van der Waals surface area contributed by atoms with E-state index in [0.717, 1.165) is 47.8 Å². The van der Waals surface area contributed by atoms with Crippen molar-refractivity contribution in [2.24, 2.45) is 32.3 Å². The molecule has 0 bridgehead atoms. The highest BCUT2D eigenvalue weighted by molar-refractivity contribution is 7.20. The summed E-state index contributed by atoms with van der Waals surface area (Å²) in [5.74, 6) is -1.96. The van der Waals surface area contributed by atoms with Crippen LogP contribution >= 0.6 is 22.7 Å². The summed E-state index contributed by atoms with van der Waals surface area (Å²) in [4.78, 5) is 59.9. The molecule has 4 aromatic rings. The fraction of sp³-hybridized carbons (Fsp3) is 0.522. The van der Waals surface area contributed by atoms with E-state index in [0.29, 0.717) is 167 Å². The Balaban J connectivity index is 0.000000434. The second-order valence-electron chi connectivity index (χ2n) is 20.4. The van der Waals surface area contributed by atoms with Gasteiger partial charge in [0.15, 0.2) is 0 Å². The minimum atomic E-state index is -0.420. The zero-order valence-corrected chi connectivity index (χ0v) is 56.7. The van der Waals surface area contributed by atoms with E-state index in [2.05, 4.69) is 94.7 Å². The molecular weight excluding hydrogens is 1250 g/mol. The summed E-state index contributed by atoms with van der Waals surface area (Å²) in [5, 5.41) is 36.5. The molecule has 0 spiro atoms. The lowest BCUT2D eigenvalue weighted by atomic mass is 9.97. The third-order valence-corrected chi connectivity index (χ3v) is 15.9. The van der Waals surface area contributed by atoms with Crippen LogP contribution in [0.1, 0.15) is 73.6 Å². The summed E-state index contributed by atoms with van der Waals surface area (Å²) in [6, 6.07) is 14.0. The number of aryl methyl sites for hydroxylation is 2. The predicted octanol–water partition coefficient (Wildman–Crippen LogP) is 13.2. The number of ketones is 1. The first kappa shape index (κ1) is 80.2. The fourth-order valence-corrected chi connectivity index (χ4v) is 10.2. The van der Waals surface area contributed by atoms with Crippen molar-refractivity contribution in [2.75, 3.05) is 155 Å². The maximum atomic E-state index is 11.8. The molecule has 1 aliphatic rings. The summed E-state index contributed by atoms with van der Waals surface area (Å²) in [7, 11) is 0. The topological polar surface area (TPSA) is 274 Å². The van der Waals surface area contributed by atoms with E-state index in [4.69, 9.17) is 67.5 Å². The Morgan fingerprint density at radius 1 is 0.670 bits per heavy atom. The summed E-state index contributed by atoms with van der Waals surface area (Å²) in [6.45, 7) is 52.7. The third-order valence-electron chi connectivity index (χ3n) is 13.8. The van der Waals surface area contributed by atoms with Gasteiger partial charge in [-0.15, -0.1) is 35.8 Å². The lowest BCUT2D eigenvalue weighted by molar-refractivity contribution is -0.153. The molecule has 1 saturated heterocycles. The van der Waals surface area contributed by atoms with Gasteiger partial charge in [0.05, 0.1) is 167 Å². The van der Waals surface area contributed by atoms with Crippen LogP contribution in [-0.4, -0.2) is 174 Å². The van der Waals surface area contributed by atoms with Crippen molar-refractivity contribution in [3.63, 3.8) is 0 Å². The molecule has 0 aliphatic carbocycles. The minimum Gasteiger partial charge on any atom is -0.463 e. The van der Waals surface area contributed by atoms with Crippen LogP contribution in [0, 0.1) is 70.6 Å². The summed E-state index contributed by atoms with van der Waals surface area (Å²) in [6.07, 6.45) is 4.49. The number of cyclic esters (lactones) is 2. The van der Waals surface area contributed by atoms with Gasteiger partial charge in [0, 0.05) is 43.5 Å². The van der Waals surface area contributed by atoms with E-state index in [-0.39, 0.29) is 50.3 Å². The van der Waals surface area contributed by atoms with E-state index in [1.807, 2.05) is 38.1 Å². The number of nitriles is 1. The summed E-state index contributed by atoms with van der Waals surface area (Å²) in [5.41, 5.74) is 7.54. The molecule has 0 radical (unpaired) electrons. The lowest BCUT2D eigenvalue weighted by Crippen LogP contribution is -2.27. The Hall–Kier alpha value is -8.00. The van der Waals surface area contributed by atoms with Crippen LogP contribution < -0.4 is 9.80 Å². The molecule has 1 fully saturated rings. The molecule has 5 rings (SSSR count). The second kappa shape index (κ2) is 47.8. The minimum absolute atomic E-state index is 0.0211. The fourth-order valence-electron chi connectivity index (χ4n) is 8.52. The number of esters is 3. The van der Waals surface area contributed by atoms with Crippen molar-refractivity contribution in [3.8, 4) is 6.07 Å². The standard InChI is InChI=1S/C34H45N5O7S.C26H35N5O5S.C7H8O3/c1-7-9-28(27(5)40)23-32(41)46-21-20-45-19-18-44-17-16-43-15-14-42-13-12-39(8-2)29-10-11-30(25(3)22-29)37-38-34-33(36-6)26(4)31(24-35)47-34;1-6-31(9-11-33-13-15-35-17-18-36-16-14-34-12-10-32)22-7-8-23(20(2)19-22)29-30-26-24(27-4)21(3)25(28-5)37-26;1-2-3-5-4-6(8)10-7(5)9/h7,10-11,22,28H,1,8-9,12-21,23H2,2-5H3;7-8,19,32H,6,9-18H2,1-3H3;2,5H,1,3-4H2. The number of nitrogens with zero attached hydrogens (tertiary/aromatic N) is 10. The van der Waals surface area contributed by atoms with Crippen molar-refractivity contribution < 1.29 is 71.7 Å². The predicted molar refractivity (Wildman–Crippen MR) is 360 cm³/mol. The molecule has 2 atom stereocenters. The Bertz CT molecular complexity index is 3250. The quantitative estimate of drug-likeness (QED) is 0.0108. The molecule has 2 aromatic heterocycles. The van der Waals surface area contributed by atoms with E-state index >= 15 is 0 Å². The monoisotopic (exact) mass is 1340 g/mol. The number of benzene rings is 2. The van der Waals surface area contributed by atoms with E-state index in [1.54, 1.807) is 26.0 Å². The Kier molecular flexibility index (Phi) is 40.8. The van der Waals surface area contributed by atoms with Crippen LogP contribution in [0.3, 0.4) is 0 Å². The number of rotatable bonds is 44. The van der Waals surface area contributed by atoms with Gasteiger partial charge >= 0.3 is 17.9 Å². The molecule has 0 amide bonds. The number of azo groups is 2. The van der Waals surface area contributed by atoms with Gasteiger partial charge in [-0.2, -0.15) is 25.7 Å². The SMILES string of the molecule is C=CCC1CC(=O)OC1=O.[C-]#[N+]c1c(N=Nc2ccc(N(CC)CCOCCOCCOCCOCCOC(=O)CC(CC=C)C(C)=O)cc2C)sc(C#N)c1C.[C-]#[N+]c1sc(N=Nc2ccc(N(CC)CCOCCOCCOCCOCCO)cc2C)c([N+]#[C-])c1C. The highest BCUT2D eigenvalue weighted by Crippen LogP contribution is 2.47. The number of aliphatic hydroxyl groups excluding tert-OH is 1. The number of allylic oxidation sites excluding steroid dienone is 2. The van der Waals surface area contributed by atoms with Crippen LogP contribution in [0.25, 0.3) is 14.5 Å². The van der Waals surface area contributed by atoms with E-state index in [9.17, 15) is 24.4 Å². The van der Waals surface area contributed by atoms with Crippen molar-refractivity contribution >= 4 is 95.5 Å². The van der Waals surface area contributed by atoms with Crippen molar-refractivity contribution in [3.05, 3.63) is 123 Å². The van der Waals surface area contributed by atoms with Crippen molar-refractivity contribution in [1.82, 2.24) is 0 Å².